The van der Waals surface area contributed by atoms with Crippen LogP contribution in [0.1, 0.15) is 13.8 Å². The fourth-order valence-electron chi connectivity index (χ4n) is 7.27. The SMILES string of the molecule is CC(=O)NC1C(OCC2OC(OC3C(CO)OC(O)C(O)C3O)C(O)C(O)C2O)OC(CO)C(OC2OC(CO)C(O)C(O)C2O)C1OC1OC(C)C(O)C(O)C1O. The molecule has 26 heteroatoms. The second-order valence-electron chi connectivity index (χ2n) is 14.7. The third-order valence-corrected chi connectivity index (χ3v) is 10.7. The highest BCUT2D eigenvalue weighted by atomic mass is 16.8. The average molecular weight is 854 g/mol. The molecule has 0 saturated carbocycles. The summed E-state index contributed by atoms with van der Waals surface area (Å²) >= 11 is 0. The molecule has 0 aromatic carbocycles. The number of hydrogen-bond acceptors (Lipinski definition) is 25. The zero-order valence-electron chi connectivity index (χ0n) is 31.1. The average Bonchev–Trinajstić information content (AvgIpc) is 3.19. The van der Waals surface area contributed by atoms with Gasteiger partial charge in [-0.3, -0.25) is 4.79 Å². The number of aliphatic hydroxyl groups is 15. The van der Waals surface area contributed by atoms with Gasteiger partial charge in [-0.25, -0.2) is 0 Å². The molecule has 1 amide bonds. The van der Waals surface area contributed by atoms with Gasteiger partial charge in [-0.1, -0.05) is 0 Å². The van der Waals surface area contributed by atoms with Crippen molar-refractivity contribution in [3.05, 3.63) is 0 Å². The highest BCUT2D eigenvalue weighted by Gasteiger charge is 2.56. The van der Waals surface area contributed by atoms with Gasteiger partial charge in [0, 0.05) is 6.92 Å². The van der Waals surface area contributed by atoms with E-state index in [4.69, 9.17) is 42.6 Å². The van der Waals surface area contributed by atoms with Crippen LogP contribution in [0.25, 0.3) is 0 Å². The van der Waals surface area contributed by atoms with Crippen molar-refractivity contribution in [2.45, 2.75) is 167 Å². The molecule has 338 valence electrons. The number of nitrogens with one attached hydrogen (secondary N) is 1. The van der Waals surface area contributed by atoms with E-state index in [2.05, 4.69) is 5.32 Å². The minimum atomic E-state index is -2.03. The summed E-state index contributed by atoms with van der Waals surface area (Å²) in [7, 11) is 0. The van der Waals surface area contributed by atoms with Gasteiger partial charge in [-0.15, -0.1) is 0 Å². The lowest BCUT2D eigenvalue weighted by Crippen LogP contribution is -2.70. The first kappa shape index (κ1) is 47.6. The van der Waals surface area contributed by atoms with Crippen molar-refractivity contribution in [1.82, 2.24) is 5.32 Å². The maximum Gasteiger partial charge on any atom is 0.217 e. The molecular weight excluding hydrogens is 798 g/mol. The highest BCUT2D eigenvalue weighted by molar-refractivity contribution is 5.73. The topological polar surface area (TPSA) is 416 Å². The Hall–Kier alpha value is -1.49. The van der Waals surface area contributed by atoms with E-state index in [-0.39, 0.29) is 0 Å². The molecule has 0 radical (unpaired) electrons. The van der Waals surface area contributed by atoms with Gasteiger partial charge in [0.2, 0.25) is 5.91 Å². The van der Waals surface area contributed by atoms with Crippen LogP contribution in [-0.4, -0.2) is 262 Å². The normalized spacial score (nSPS) is 51.6. The van der Waals surface area contributed by atoms with Crippen LogP contribution in [0, 0.1) is 0 Å². The molecule has 16 N–H and O–H groups in total. The summed E-state index contributed by atoms with van der Waals surface area (Å²) in [5.41, 5.74) is 0. The molecule has 0 bridgehead atoms. The lowest BCUT2D eigenvalue weighted by molar-refractivity contribution is -0.378. The largest absolute Gasteiger partial charge is 0.394 e. The Balaban J connectivity index is 1.42. The van der Waals surface area contributed by atoms with Crippen LogP contribution in [0.3, 0.4) is 0 Å². The predicted octanol–water partition coefficient (Wildman–Crippen LogP) is -10.8. The van der Waals surface area contributed by atoms with Crippen LogP contribution in [0.15, 0.2) is 0 Å². The molecule has 5 fully saturated rings. The maximum absolute atomic E-state index is 12.7. The minimum Gasteiger partial charge on any atom is -0.394 e. The first-order chi connectivity index (χ1) is 27.3. The van der Waals surface area contributed by atoms with Crippen molar-refractivity contribution in [1.29, 1.82) is 0 Å². The van der Waals surface area contributed by atoms with Crippen LogP contribution in [0.4, 0.5) is 0 Å². The monoisotopic (exact) mass is 853 g/mol. The quantitative estimate of drug-likeness (QED) is 0.0818. The predicted molar refractivity (Wildman–Crippen MR) is 177 cm³/mol. The molecule has 0 aromatic heterocycles. The maximum atomic E-state index is 12.7. The second-order valence-corrected chi connectivity index (χ2v) is 14.7. The van der Waals surface area contributed by atoms with E-state index >= 15 is 0 Å². The lowest BCUT2D eigenvalue weighted by atomic mass is 9.94. The van der Waals surface area contributed by atoms with E-state index < -0.39 is 186 Å². The first-order valence-corrected chi connectivity index (χ1v) is 18.5. The summed E-state index contributed by atoms with van der Waals surface area (Å²) in [6, 6.07) is -1.61. The lowest BCUT2D eigenvalue weighted by Gasteiger charge is -2.50. The number of carbonyl (C=O) groups is 1. The standard InChI is InChI=1S/C32H55NO25/c1-7-14(38)17(41)22(46)30(51-7)58-27-13(33-8(2)37)29(54-11(5-36)26(27)57-31-23(47)18(42)15(39)9(3-34)53-31)50-6-12-16(40)19(43)24(48)32(55-12)56-25-10(4-35)52-28(49)21(45)20(25)44/h7,9-32,34-36,38-49H,3-6H2,1-2H3,(H,33,37). The smallest absolute Gasteiger partial charge is 0.217 e. The van der Waals surface area contributed by atoms with Crippen LogP contribution < -0.4 is 5.32 Å². The molecule has 0 aliphatic carbocycles. The number of carbonyl (C=O) groups excluding carboxylic acids is 1. The van der Waals surface area contributed by atoms with Crippen molar-refractivity contribution in [2.24, 2.45) is 0 Å². The Morgan fingerprint density at radius 2 is 0.931 bits per heavy atom. The number of aliphatic hydroxyl groups excluding tert-OH is 15. The highest BCUT2D eigenvalue weighted by Crippen LogP contribution is 2.35. The van der Waals surface area contributed by atoms with Crippen LogP contribution in [0.5, 0.6) is 0 Å². The molecule has 5 saturated heterocycles. The van der Waals surface area contributed by atoms with E-state index in [9.17, 15) is 81.4 Å². The van der Waals surface area contributed by atoms with Crippen molar-refractivity contribution >= 4 is 5.91 Å². The molecule has 0 spiro atoms. The Bertz CT molecular complexity index is 1300. The zero-order valence-corrected chi connectivity index (χ0v) is 31.1. The fourth-order valence-corrected chi connectivity index (χ4v) is 7.27. The van der Waals surface area contributed by atoms with Gasteiger partial charge in [0.1, 0.15) is 116 Å². The molecule has 5 heterocycles. The van der Waals surface area contributed by atoms with Crippen molar-refractivity contribution in [3.63, 3.8) is 0 Å². The third kappa shape index (κ3) is 9.91. The van der Waals surface area contributed by atoms with E-state index in [0.29, 0.717) is 0 Å². The number of ether oxygens (including phenoxy) is 9. The Morgan fingerprint density at radius 3 is 1.48 bits per heavy atom. The van der Waals surface area contributed by atoms with Crippen molar-refractivity contribution in [3.8, 4) is 0 Å². The Labute approximate surface area is 329 Å². The van der Waals surface area contributed by atoms with E-state index in [0.717, 1.165) is 6.92 Å². The van der Waals surface area contributed by atoms with E-state index in [1.54, 1.807) is 0 Å². The zero-order chi connectivity index (χ0) is 42.9. The van der Waals surface area contributed by atoms with Gasteiger partial charge in [-0.05, 0) is 6.92 Å². The minimum absolute atomic E-state index is 0.779. The van der Waals surface area contributed by atoms with Gasteiger partial charge in [0.25, 0.3) is 0 Å². The van der Waals surface area contributed by atoms with Gasteiger partial charge < -0.3 is 125 Å². The van der Waals surface area contributed by atoms with Gasteiger partial charge >= 0.3 is 0 Å². The number of amides is 1. The van der Waals surface area contributed by atoms with Crippen molar-refractivity contribution < 1.29 is 124 Å². The van der Waals surface area contributed by atoms with Crippen LogP contribution >= 0.6 is 0 Å². The molecule has 58 heavy (non-hydrogen) atoms. The van der Waals surface area contributed by atoms with Crippen LogP contribution in [0.2, 0.25) is 0 Å². The Morgan fingerprint density at radius 1 is 0.483 bits per heavy atom. The number of rotatable bonds is 13. The molecule has 25 unspecified atom stereocenters. The Kier molecular flexibility index (Phi) is 16.5. The van der Waals surface area contributed by atoms with Gasteiger partial charge in [-0.2, -0.15) is 0 Å². The molecule has 26 nitrogen and oxygen atoms in total. The summed E-state index contributed by atoms with van der Waals surface area (Å²) in [5.74, 6) is -0.779. The second kappa shape index (κ2) is 20.1. The summed E-state index contributed by atoms with van der Waals surface area (Å²) in [6.07, 6.45) is -42.7. The molecule has 5 rings (SSSR count). The molecular formula is C32H55NO25. The van der Waals surface area contributed by atoms with E-state index in [1.807, 2.05) is 0 Å². The summed E-state index contributed by atoms with van der Waals surface area (Å²) in [5, 5.41) is 158. The summed E-state index contributed by atoms with van der Waals surface area (Å²) < 4.78 is 51.2. The van der Waals surface area contributed by atoms with Gasteiger partial charge in [0.15, 0.2) is 31.5 Å². The van der Waals surface area contributed by atoms with Crippen LogP contribution in [-0.2, 0) is 47.4 Å². The van der Waals surface area contributed by atoms with Gasteiger partial charge in [0.05, 0.1) is 32.5 Å². The third-order valence-electron chi connectivity index (χ3n) is 10.7. The summed E-state index contributed by atoms with van der Waals surface area (Å²) in [6.45, 7) is -1.07. The molecule has 25 atom stereocenters. The van der Waals surface area contributed by atoms with E-state index in [1.165, 1.54) is 6.92 Å². The molecule has 0 aromatic rings. The molecule has 5 aliphatic rings. The number of hydrogen-bond donors (Lipinski definition) is 16. The fraction of sp³-hybridized carbons (Fsp3) is 0.969. The van der Waals surface area contributed by atoms with Crippen molar-refractivity contribution in [2.75, 3.05) is 26.4 Å². The molecule has 5 aliphatic heterocycles. The first-order valence-electron chi connectivity index (χ1n) is 18.5. The summed E-state index contributed by atoms with van der Waals surface area (Å²) in [4.78, 5) is 12.7.